The summed E-state index contributed by atoms with van der Waals surface area (Å²) < 4.78 is 29.6. The minimum absolute atomic E-state index is 0.338. The third kappa shape index (κ3) is 3.35. The van der Waals surface area contributed by atoms with Crippen LogP contribution in [0.3, 0.4) is 0 Å². The third-order valence-corrected chi connectivity index (χ3v) is 6.22. The van der Waals surface area contributed by atoms with Crippen molar-refractivity contribution < 1.29 is 8.42 Å². The molecule has 1 aliphatic rings. The lowest BCUT2D eigenvalue weighted by atomic mass is 9.89. The number of fused-ring (bicyclic) bond motifs is 1. The van der Waals surface area contributed by atoms with Gasteiger partial charge in [0.25, 0.3) is 10.2 Å². The van der Waals surface area contributed by atoms with Crippen LogP contribution in [0.25, 0.3) is 0 Å². The van der Waals surface area contributed by atoms with Gasteiger partial charge in [0.1, 0.15) is 0 Å². The highest BCUT2D eigenvalue weighted by molar-refractivity contribution is 7.87. The number of halogens is 1. The minimum atomic E-state index is -3.55. The molecule has 6 heteroatoms. The van der Waals surface area contributed by atoms with Crippen LogP contribution in [0.4, 0.5) is 0 Å². The first-order valence-corrected chi connectivity index (χ1v) is 9.85. The average Bonchev–Trinajstić information content (AvgIpc) is 2.54. The predicted octanol–water partition coefficient (Wildman–Crippen LogP) is 3.45. The molecule has 0 saturated carbocycles. The van der Waals surface area contributed by atoms with Crippen LogP contribution in [0.15, 0.2) is 42.5 Å². The van der Waals surface area contributed by atoms with Crippen LogP contribution < -0.4 is 4.72 Å². The van der Waals surface area contributed by atoms with Gasteiger partial charge in [0, 0.05) is 18.1 Å². The fourth-order valence-electron chi connectivity index (χ4n) is 3.23. The SMILES string of the molecule is CCNS(=O)(=O)N1CCc2ccc(C)cc2C1c1ccc(Cl)cc1. The second kappa shape index (κ2) is 6.84. The molecule has 1 aliphatic heterocycles. The van der Waals surface area contributed by atoms with Crippen LogP contribution in [0.1, 0.15) is 35.2 Å². The molecule has 1 heterocycles. The molecule has 0 fully saturated rings. The molecule has 0 spiro atoms. The monoisotopic (exact) mass is 364 g/mol. The highest BCUT2D eigenvalue weighted by Gasteiger charge is 2.36. The maximum absolute atomic E-state index is 12.7. The van der Waals surface area contributed by atoms with Crippen molar-refractivity contribution in [1.82, 2.24) is 9.03 Å². The molecule has 0 saturated heterocycles. The molecule has 2 aromatic carbocycles. The Kier molecular flexibility index (Phi) is 4.97. The molecule has 4 nitrogen and oxygen atoms in total. The minimum Gasteiger partial charge on any atom is -0.202 e. The first kappa shape index (κ1) is 17.4. The normalized spacial score (nSPS) is 18.4. The van der Waals surface area contributed by atoms with Crippen LogP contribution >= 0.6 is 11.6 Å². The van der Waals surface area contributed by atoms with Crippen molar-refractivity contribution in [2.45, 2.75) is 26.3 Å². The zero-order valence-electron chi connectivity index (χ0n) is 13.8. The molecule has 0 bridgehead atoms. The van der Waals surface area contributed by atoms with Crippen LogP contribution in [-0.2, 0) is 16.6 Å². The van der Waals surface area contributed by atoms with E-state index in [1.54, 1.807) is 23.4 Å². The van der Waals surface area contributed by atoms with E-state index in [1.165, 1.54) is 5.56 Å². The lowest BCUT2D eigenvalue weighted by molar-refractivity contribution is 0.339. The van der Waals surface area contributed by atoms with Gasteiger partial charge in [0.2, 0.25) is 0 Å². The fourth-order valence-corrected chi connectivity index (χ4v) is 4.73. The molecule has 0 amide bonds. The molecule has 3 rings (SSSR count). The molecular weight excluding hydrogens is 344 g/mol. The quantitative estimate of drug-likeness (QED) is 0.903. The molecule has 24 heavy (non-hydrogen) atoms. The summed E-state index contributed by atoms with van der Waals surface area (Å²) in [6.45, 7) is 4.64. The van der Waals surface area contributed by atoms with E-state index in [0.717, 1.165) is 16.7 Å². The largest absolute Gasteiger partial charge is 0.280 e. The summed E-state index contributed by atoms with van der Waals surface area (Å²) in [4.78, 5) is 0. The smallest absolute Gasteiger partial charge is 0.202 e. The lowest BCUT2D eigenvalue weighted by Crippen LogP contribution is -2.46. The van der Waals surface area contributed by atoms with Crippen molar-refractivity contribution in [2.75, 3.05) is 13.1 Å². The summed E-state index contributed by atoms with van der Waals surface area (Å²) >= 11 is 6.01. The Morgan fingerprint density at radius 1 is 1.21 bits per heavy atom. The number of benzene rings is 2. The summed E-state index contributed by atoms with van der Waals surface area (Å²) in [6, 6.07) is 13.3. The molecule has 128 valence electrons. The van der Waals surface area contributed by atoms with Gasteiger partial charge in [-0.05, 0) is 42.2 Å². The van der Waals surface area contributed by atoms with Crippen LogP contribution in [-0.4, -0.2) is 25.8 Å². The number of nitrogens with zero attached hydrogens (tertiary/aromatic N) is 1. The van der Waals surface area contributed by atoms with Gasteiger partial charge in [0.05, 0.1) is 6.04 Å². The van der Waals surface area contributed by atoms with Crippen molar-refractivity contribution in [3.05, 3.63) is 69.7 Å². The fraction of sp³-hybridized carbons (Fsp3) is 0.333. The van der Waals surface area contributed by atoms with E-state index < -0.39 is 10.2 Å². The summed E-state index contributed by atoms with van der Waals surface area (Å²) in [5.74, 6) is 0. The third-order valence-electron chi connectivity index (χ3n) is 4.31. The summed E-state index contributed by atoms with van der Waals surface area (Å²) in [6.07, 6.45) is 0.713. The van der Waals surface area contributed by atoms with Crippen molar-refractivity contribution in [1.29, 1.82) is 0 Å². The van der Waals surface area contributed by atoms with Gasteiger partial charge < -0.3 is 0 Å². The molecule has 0 aromatic heterocycles. The second-order valence-corrected chi connectivity index (χ2v) is 8.16. The first-order valence-electron chi connectivity index (χ1n) is 8.03. The Labute approximate surface area is 148 Å². The highest BCUT2D eigenvalue weighted by Crippen LogP contribution is 2.37. The van der Waals surface area contributed by atoms with Crippen LogP contribution in [0, 0.1) is 6.92 Å². The van der Waals surface area contributed by atoms with E-state index in [0.29, 0.717) is 24.5 Å². The van der Waals surface area contributed by atoms with Gasteiger partial charge in [-0.25, -0.2) is 4.72 Å². The van der Waals surface area contributed by atoms with Crippen LogP contribution in [0.5, 0.6) is 0 Å². The standard InChI is InChI=1S/C18H21ClN2O2S/c1-3-20-24(22,23)21-11-10-14-5-4-13(2)12-17(14)18(21)15-6-8-16(19)9-7-15/h4-9,12,18,20H,3,10-11H2,1-2H3. The van der Waals surface area contributed by atoms with E-state index in [-0.39, 0.29) is 6.04 Å². The van der Waals surface area contributed by atoms with Crippen molar-refractivity contribution in [3.8, 4) is 0 Å². The van der Waals surface area contributed by atoms with E-state index in [2.05, 4.69) is 22.9 Å². The van der Waals surface area contributed by atoms with E-state index in [4.69, 9.17) is 11.6 Å². The topological polar surface area (TPSA) is 49.4 Å². The lowest BCUT2D eigenvalue weighted by Gasteiger charge is -2.36. The number of rotatable bonds is 4. The van der Waals surface area contributed by atoms with Gasteiger partial charge in [-0.15, -0.1) is 0 Å². The number of aryl methyl sites for hydroxylation is 1. The molecule has 1 N–H and O–H groups in total. The Bertz CT molecular complexity index is 835. The summed E-state index contributed by atoms with van der Waals surface area (Å²) in [5, 5.41) is 0.639. The van der Waals surface area contributed by atoms with Crippen LogP contribution in [0.2, 0.25) is 5.02 Å². The Hall–Kier alpha value is -1.40. The highest BCUT2D eigenvalue weighted by atomic mass is 35.5. The van der Waals surface area contributed by atoms with Gasteiger partial charge in [-0.2, -0.15) is 12.7 Å². The van der Waals surface area contributed by atoms with Gasteiger partial charge in [0.15, 0.2) is 0 Å². The van der Waals surface area contributed by atoms with Crippen molar-refractivity contribution in [2.24, 2.45) is 0 Å². The summed E-state index contributed by atoms with van der Waals surface area (Å²) in [7, 11) is -3.55. The zero-order chi connectivity index (χ0) is 17.3. The Balaban J connectivity index is 2.15. The van der Waals surface area contributed by atoms with E-state index in [9.17, 15) is 8.42 Å². The van der Waals surface area contributed by atoms with E-state index >= 15 is 0 Å². The van der Waals surface area contributed by atoms with Gasteiger partial charge >= 0.3 is 0 Å². The first-order chi connectivity index (χ1) is 11.4. The number of hydrogen-bond acceptors (Lipinski definition) is 2. The molecule has 2 aromatic rings. The maximum atomic E-state index is 12.7. The molecule has 1 unspecified atom stereocenters. The number of nitrogens with one attached hydrogen (secondary N) is 1. The predicted molar refractivity (Wildman–Crippen MR) is 97.5 cm³/mol. The van der Waals surface area contributed by atoms with Gasteiger partial charge in [-0.1, -0.05) is 54.4 Å². The maximum Gasteiger partial charge on any atom is 0.280 e. The summed E-state index contributed by atoms with van der Waals surface area (Å²) in [5.41, 5.74) is 4.29. The second-order valence-electron chi connectivity index (χ2n) is 6.02. The van der Waals surface area contributed by atoms with Crippen molar-refractivity contribution in [3.63, 3.8) is 0 Å². The Morgan fingerprint density at radius 3 is 2.58 bits per heavy atom. The molecule has 0 radical (unpaired) electrons. The number of hydrogen-bond donors (Lipinski definition) is 1. The average molecular weight is 365 g/mol. The van der Waals surface area contributed by atoms with E-state index in [1.807, 2.05) is 19.1 Å². The Morgan fingerprint density at radius 2 is 1.92 bits per heavy atom. The zero-order valence-corrected chi connectivity index (χ0v) is 15.4. The van der Waals surface area contributed by atoms with Crippen molar-refractivity contribution >= 4 is 21.8 Å². The molecule has 0 aliphatic carbocycles. The molecular formula is C18H21ClN2O2S. The van der Waals surface area contributed by atoms with Gasteiger partial charge in [-0.3, -0.25) is 0 Å². The molecule has 1 atom stereocenters.